The van der Waals surface area contributed by atoms with E-state index >= 15 is 0 Å². The smallest absolute Gasteiger partial charge is 0.152 e. The zero-order chi connectivity index (χ0) is 15.1. The minimum absolute atomic E-state index is 0.0597. The number of benzene rings is 1. The first-order valence-corrected chi connectivity index (χ1v) is 8.42. The van der Waals surface area contributed by atoms with E-state index in [4.69, 9.17) is 0 Å². The molecule has 2 heterocycles. The molecule has 1 saturated heterocycles. The highest BCUT2D eigenvalue weighted by Crippen LogP contribution is 2.44. The molecule has 0 saturated carbocycles. The molecule has 1 aliphatic heterocycles. The maximum absolute atomic E-state index is 11.7. The van der Waals surface area contributed by atoms with Crippen molar-refractivity contribution in [1.82, 2.24) is 4.98 Å². The second-order valence-electron chi connectivity index (χ2n) is 5.46. The highest BCUT2D eigenvalue weighted by Gasteiger charge is 2.49. The minimum Gasteiger partial charge on any atom is -0.387 e. The summed E-state index contributed by atoms with van der Waals surface area (Å²) < 4.78 is 23.5. The molecular weight excluding hydrogens is 288 g/mol. The van der Waals surface area contributed by atoms with E-state index in [-0.39, 0.29) is 17.9 Å². The van der Waals surface area contributed by atoms with Crippen LogP contribution in [-0.2, 0) is 9.84 Å². The number of nitriles is 1. The van der Waals surface area contributed by atoms with Crippen LogP contribution < -0.4 is 0 Å². The third-order valence-corrected chi connectivity index (χ3v) is 5.86. The molecule has 1 N–H and O–H groups in total. The summed E-state index contributed by atoms with van der Waals surface area (Å²) in [5, 5.41) is 21.8. The fraction of sp³-hybridized carbons (Fsp3) is 0.333. The molecule has 2 aromatic rings. The summed E-state index contributed by atoms with van der Waals surface area (Å²) in [6.45, 7) is 0. The van der Waals surface area contributed by atoms with Crippen LogP contribution >= 0.6 is 0 Å². The van der Waals surface area contributed by atoms with Crippen LogP contribution in [0.3, 0.4) is 0 Å². The standard InChI is InChI=1S/C15H14N2O3S/c16-9-15(5-6-21(19,20)10-15)14(18)13-8-17-7-11-3-1-2-4-12(11)13/h1-4,7-8,14,18H,5-6,10H2. The average Bonchev–Trinajstić information content (AvgIpc) is 2.82. The predicted molar refractivity (Wildman–Crippen MR) is 78.0 cm³/mol. The fourth-order valence-corrected chi connectivity index (χ4v) is 4.87. The number of pyridine rings is 1. The number of nitrogens with zero attached hydrogens (tertiary/aromatic N) is 2. The summed E-state index contributed by atoms with van der Waals surface area (Å²) in [6, 6.07) is 9.44. The minimum atomic E-state index is -3.28. The summed E-state index contributed by atoms with van der Waals surface area (Å²) in [6.07, 6.45) is 2.17. The van der Waals surface area contributed by atoms with Gasteiger partial charge in [0.15, 0.2) is 9.84 Å². The lowest BCUT2D eigenvalue weighted by Crippen LogP contribution is -2.29. The number of hydrogen-bond donors (Lipinski definition) is 1. The molecule has 2 unspecified atom stereocenters. The van der Waals surface area contributed by atoms with E-state index < -0.39 is 21.4 Å². The largest absolute Gasteiger partial charge is 0.387 e. The predicted octanol–water partition coefficient (Wildman–Crippen LogP) is 1.60. The lowest BCUT2D eigenvalue weighted by molar-refractivity contribution is 0.0803. The van der Waals surface area contributed by atoms with Crippen molar-refractivity contribution in [2.75, 3.05) is 11.5 Å². The van der Waals surface area contributed by atoms with Gasteiger partial charge in [-0.3, -0.25) is 4.98 Å². The van der Waals surface area contributed by atoms with Crippen LogP contribution in [0.5, 0.6) is 0 Å². The highest BCUT2D eigenvalue weighted by molar-refractivity contribution is 7.91. The number of aliphatic hydroxyl groups excluding tert-OH is 1. The molecule has 0 amide bonds. The summed E-state index contributed by atoms with van der Waals surface area (Å²) >= 11 is 0. The molecule has 1 fully saturated rings. The maximum atomic E-state index is 11.7. The van der Waals surface area contributed by atoms with Gasteiger partial charge in [-0.05, 0) is 11.8 Å². The Balaban J connectivity index is 2.13. The van der Waals surface area contributed by atoms with Gasteiger partial charge in [0.1, 0.15) is 11.5 Å². The summed E-state index contributed by atoms with van der Waals surface area (Å²) in [5.41, 5.74) is -0.781. The van der Waals surface area contributed by atoms with E-state index in [0.717, 1.165) is 10.8 Å². The van der Waals surface area contributed by atoms with E-state index in [2.05, 4.69) is 4.98 Å². The molecule has 5 nitrogen and oxygen atoms in total. The molecule has 1 aromatic carbocycles. The van der Waals surface area contributed by atoms with E-state index in [1.54, 1.807) is 6.20 Å². The van der Waals surface area contributed by atoms with Crippen molar-refractivity contribution in [2.24, 2.45) is 5.41 Å². The fourth-order valence-electron chi connectivity index (χ4n) is 2.89. The quantitative estimate of drug-likeness (QED) is 0.909. The number of sulfone groups is 1. The number of rotatable bonds is 2. The van der Waals surface area contributed by atoms with Gasteiger partial charge in [0, 0.05) is 23.3 Å². The zero-order valence-corrected chi connectivity index (χ0v) is 12.0. The van der Waals surface area contributed by atoms with Crippen LogP contribution in [0.25, 0.3) is 10.8 Å². The Morgan fingerprint density at radius 2 is 2.10 bits per heavy atom. The van der Waals surface area contributed by atoms with Crippen molar-refractivity contribution >= 4 is 20.6 Å². The van der Waals surface area contributed by atoms with E-state index in [1.165, 1.54) is 6.20 Å². The Kier molecular flexibility index (Phi) is 3.19. The van der Waals surface area contributed by atoms with E-state index in [9.17, 15) is 18.8 Å². The molecule has 108 valence electrons. The second-order valence-corrected chi connectivity index (χ2v) is 7.65. The monoisotopic (exact) mass is 302 g/mol. The Bertz CT molecular complexity index is 836. The molecule has 1 aromatic heterocycles. The van der Waals surface area contributed by atoms with Crippen molar-refractivity contribution in [2.45, 2.75) is 12.5 Å². The molecule has 6 heteroatoms. The van der Waals surface area contributed by atoms with Gasteiger partial charge in [0.25, 0.3) is 0 Å². The van der Waals surface area contributed by atoms with Crippen LogP contribution in [0.1, 0.15) is 18.1 Å². The summed E-state index contributed by atoms with van der Waals surface area (Å²) in [7, 11) is -3.28. The lowest BCUT2D eigenvalue weighted by Gasteiger charge is -2.26. The Morgan fingerprint density at radius 3 is 2.76 bits per heavy atom. The molecule has 2 atom stereocenters. The number of hydrogen-bond acceptors (Lipinski definition) is 5. The first-order chi connectivity index (χ1) is 9.97. The van der Waals surface area contributed by atoms with Crippen LogP contribution in [0.2, 0.25) is 0 Å². The van der Waals surface area contributed by atoms with Gasteiger partial charge < -0.3 is 5.11 Å². The van der Waals surface area contributed by atoms with Crippen LogP contribution in [0, 0.1) is 16.7 Å². The Labute approximate surface area is 122 Å². The van der Waals surface area contributed by atoms with Crippen LogP contribution in [0.15, 0.2) is 36.7 Å². The van der Waals surface area contributed by atoms with Gasteiger partial charge in [-0.25, -0.2) is 8.42 Å². The van der Waals surface area contributed by atoms with E-state index in [1.807, 2.05) is 30.3 Å². The van der Waals surface area contributed by atoms with Crippen LogP contribution in [0.4, 0.5) is 0 Å². The number of aliphatic hydroxyl groups is 1. The number of fused-ring (bicyclic) bond motifs is 1. The van der Waals surface area contributed by atoms with Crippen molar-refractivity contribution in [3.05, 3.63) is 42.2 Å². The molecule has 3 rings (SSSR count). The third-order valence-electron chi connectivity index (χ3n) is 4.08. The molecule has 0 aliphatic carbocycles. The van der Waals surface area contributed by atoms with Gasteiger partial charge in [-0.1, -0.05) is 24.3 Å². The normalized spacial score (nSPS) is 25.5. The van der Waals surface area contributed by atoms with Crippen molar-refractivity contribution in [1.29, 1.82) is 5.26 Å². The van der Waals surface area contributed by atoms with Gasteiger partial charge in [-0.15, -0.1) is 0 Å². The maximum Gasteiger partial charge on any atom is 0.152 e. The highest BCUT2D eigenvalue weighted by atomic mass is 32.2. The number of aromatic nitrogens is 1. The molecule has 1 aliphatic rings. The van der Waals surface area contributed by atoms with Crippen molar-refractivity contribution in [3.63, 3.8) is 0 Å². The SMILES string of the molecule is N#CC1(C(O)c2cncc3ccccc23)CCS(=O)(=O)C1. The molecule has 0 spiro atoms. The average molecular weight is 302 g/mol. The van der Waals surface area contributed by atoms with Gasteiger partial charge in [-0.2, -0.15) is 5.26 Å². The van der Waals surface area contributed by atoms with Gasteiger partial charge in [0.2, 0.25) is 0 Å². The molecular formula is C15H14N2O3S. The van der Waals surface area contributed by atoms with Crippen molar-refractivity contribution < 1.29 is 13.5 Å². The summed E-state index contributed by atoms with van der Waals surface area (Å²) in [4.78, 5) is 4.09. The Morgan fingerprint density at radius 1 is 1.33 bits per heavy atom. The summed E-state index contributed by atoms with van der Waals surface area (Å²) in [5.74, 6) is -0.364. The van der Waals surface area contributed by atoms with Gasteiger partial charge in [0.05, 0.1) is 17.6 Å². The van der Waals surface area contributed by atoms with Crippen LogP contribution in [-0.4, -0.2) is 30.0 Å². The van der Waals surface area contributed by atoms with Gasteiger partial charge >= 0.3 is 0 Å². The zero-order valence-electron chi connectivity index (χ0n) is 11.2. The third kappa shape index (κ3) is 2.28. The molecule has 21 heavy (non-hydrogen) atoms. The second kappa shape index (κ2) is 4.79. The topological polar surface area (TPSA) is 91.0 Å². The molecule has 0 radical (unpaired) electrons. The first kappa shape index (κ1) is 14.0. The molecule has 0 bridgehead atoms. The lowest BCUT2D eigenvalue weighted by atomic mass is 9.79. The van der Waals surface area contributed by atoms with Crippen molar-refractivity contribution in [3.8, 4) is 6.07 Å². The first-order valence-electron chi connectivity index (χ1n) is 6.60. The Hall–Kier alpha value is -1.97. The van der Waals surface area contributed by atoms with E-state index in [0.29, 0.717) is 5.56 Å².